The van der Waals surface area contributed by atoms with Crippen LogP contribution < -0.4 is 5.32 Å². The van der Waals surface area contributed by atoms with Crippen LogP contribution in [0.1, 0.15) is 38.7 Å². The summed E-state index contributed by atoms with van der Waals surface area (Å²) in [6.07, 6.45) is 0.358. The molecule has 0 fully saturated rings. The monoisotopic (exact) mass is 435 g/mol. The van der Waals surface area contributed by atoms with Crippen LogP contribution in [0.4, 0.5) is 4.39 Å². The number of Topliss-reactive ketones (excluding diaryl/α,β-unsaturated/α-hetero) is 1. The van der Waals surface area contributed by atoms with E-state index < -0.39 is 35.4 Å². The number of esters is 2. The van der Waals surface area contributed by atoms with Crippen molar-refractivity contribution < 1.29 is 28.2 Å². The highest BCUT2D eigenvalue weighted by Gasteiger charge is 2.48. The van der Waals surface area contributed by atoms with Gasteiger partial charge in [0.2, 0.25) is 0 Å². The zero-order chi connectivity index (χ0) is 22.2. The van der Waals surface area contributed by atoms with Gasteiger partial charge >= 0.3 is 11.9 Å². The van der Waals surface area contributed by atoms with Crippen molar-refractivity contribution in [2.24, 2.45) is 11.8 Å². The van der Waals surface area contributed by atoms with Crippen molar-refractivity contribution in [1.29, 1.82) is 0 Å². The molecule has 1 N–H and O–H groups in total. The molecule has 0 saturated carbocycles. The first kappa shape index (κ1) is 22.0. The fraction of sp³-hybridized carbons (Fsp3) is 0.409. The number of dihydropyridines is 1. The summed E-state index contributed by atoms with van der Waals surface area (Å²) in [4.78, 5) is 38.6. The topological polar surface area (TPSA) is 81.7 Å². The van der Waals surface area contributed by atoms with E-state index in [2.05, 4.69) is 5.32 Å². The average Bonchev–Trinajstić information content (AvgIpc) is 2.67. The molecule has 1 heterocycles. The summed E-state index contributed by atoms with van der Waals surface area (Å²) in [6, 6.07) is 4.16. The molecule has 3 atom stereocenters. The van der Waals surface area contributed by atoms with E-state index >= 15 is 0 Å². The molecular formula is C22H23ClFNO5. The molecule has 1 aromatic rings. The van der Waals surface area contributed by atoms with Gasteiger partial charge in [0.15, 0.2) is 5.78 Å². The van der Waals surface area contributed by atoms with Crippen molar-refractivity contribution in [2.75, 3.05) is 13.7 Å². The van der Waals surface area contributed by atoms with Crippen molar-refractivity contribution in [3.05, 3.63) is 57.1 Å². The van der Waals surface area contributed by atoms with Gasteiger partial charge in [-0.2, -0.15) is 0 Å². The van der Waals surface area contributed by atoms with Gasteiger partial charge in [0.05, 0.1) is 25.2 Å². The predicted octanol–water partition coefficient (Wildman–Crippen LogP) is 3.66. The second kappa shape index (κ2) is 8.60. The number of nitrogens with one attached hydrogen (secondary N) is 1. The molecule has 1 aliphatic heterocycles. The van der Waals surface area contributed by atoms with E-state index in [1.807, 2.05) is 0 Å². The summed E-state index contributed by atoms with van der Waals surface area (Å²) in [6.45, 7) is 5.20. The molecule has 0 saturated heterocycles. The minimum atomic E-state index is -1.10. The first-order valence-corrected chi connectivity index (χ1v) is 10.0. The molecule has 1 aliphatic carbocycles. The van der Waals surface area contributed by atoms with Crippen molar-refractivity contribution >= 4 is 29.3 Å². The van der Waals surface area contributed by atoms with E-state index in [0.717, 1.165) is 0 Å². The highest BCUT2D eigenvalue weighted by Crippen LogP contribution is 2.47. The number of rotatable bonds is 4. The van der Waals surface area contributed by atoms with Gasteiger partial charge in [-0.25, -0.2) is 9.18 Å². The molecule has 0 bridgehead atoms. The van der Waals surface area contributed by atoms with Gasteiger partial charge in [-0.3, -0.25) is 9.59 Å². The zero-order valence-electron chi connectivity index (χ0n) is 17.2. The van der Waals surface area contributed by atoms with Crippen LogP contribution in [0, 0.1) is 17.7 Å². The summed E-state index contributed by atoms with van der Waals surface area (Å²) in [7, 11) is 1.21. The smallest absolute Gasteiger partial charge is 0.336 e. The maximum absolute atomic E-state index is 15.0. The maximum Gasteiger partial charge on any atom is 0.336 e. The van der Waals surface area contributed by atoms with Crippen molar-refractivity contribution in [3.63, 3.8) is 0 Å². The molecule has 6 nitrogen and oxygen atoms in total. The third-order valence-corrected chi connectivity index (χ3v) is 5.86. The van der Waals surface area contributed by atoms with Crippen LogP contribution in [-0.2, 0) is 23.9 Å². The third-order valence-electron chi connectivity index (χ3n) is 5.53. The summed E-state index contributed by atoms with van der Waals surface area (Å²) < 4.78 is 25.0. The van der Waals surface area contributed by atoms with Crippen LogP contribution >= 0.6 is 11.6 Å². The Kier molecular flexibility index (Phi) is 6.31. The van der Waals surface area contributed by atoms with Crippen LogP contribution in [0.2, 0.25) is 5.02 Å². The van der Waals surface area contributed by atoms with Gasteiger partial charge in [-0.05, 0) is 38.3 Å². The number of halogens is 2. The van der Waals surface area contributed by atoms with Crippen molar-refractivity contribution in [2.45, 2.75) is 33.1 Å². The van der Waals surface area contributed by atoms with E-state index in [-0.39, 0.29) is 34.3 Å². The van der Waals surface area contributed by atoms with Gasteiger partial charge in [0.1, 0.15) is 11.7 Å². The summed E-state index contributed by atoms with van der Waals surface area (Å²) in [5.41, 5.74) is 1.23. The van der Waals surface area contributed by atoms with Crippen LogP contribution in [0.25, 0.3) is 0 Å². The Labute approximate surface area is 179 Å². The highest BCUT2D eigenvalue weighted by molar-refractivity contribution is 6.31. The lowest BCUT2D eigenvalue weighted by molar-refractivity contribution is -0.151. The van der Waals surface area contributed by atoms with Crippen LogP contribution in [-0.4, -0.2) is 31.4 Å². The zero-order valence-corrected chi connectivity index (χ0v) is 17.9. The lowest BCUT2D eigenvalue weighted by atomic mass is 9.69. The van der Waals surface area contributed by atoms with Crippen LogP contribution in [0.15, 0.2) is 40.7 Å². The molecule has 3 rings (SSSR count). The Morgan fingerprint density at radius 2 is 2.03 bits per heavy atom. The molecule has 0 unspecified atom stereocenters. The van der Waals surface area contributed by atoms with E-state index in [1.165, 1.54) is 25.3 Å². The third kappa shape index (κ3) is 3.62. The summed E-state index contributed by atoms with van der Waals surface area (Å²) in [5, 5.41) is 3.18. The fourth-order valence-corrected chi connectivity index (χ4v) is 4.51. The predicted molar refractivity (Wildman–Crippen MR) is 108 cm³/mol. The number of methoxy groups -OCH3 is 1. The van der Waals surface area contributed by atoms with Gasteiger partial charge < -0.3 is 14.8 Å². The number of benzene rings is 1. The number of hydrogen-bond acceptors (Lipinski definition) is 6. The molecule has 2 aliphatic rings. The molecule has 8 heteroatoms. The SMILES string of the molecule is CCOC(=O)C1=C(C)NC2=C(C(=O)[C@H](C(=O)OC)[C@H](C)C2)[C@H]1c1c(F)cccc1Cl. The number of ether oxygens (including phenoxy) is 2. The Hall–Kier alpha value is -2.67. The number of hydrogen-bond donors (Lipinski definition) is 1. The van der Waals surface area contributed by atoms with E-state index in [9.17, 15) is 18.8 Å². The normalized spacial score (nSPS) is 23.7. The lowest BCUT2D eigenvalue weighted by Crippen LogP contribution is -2.43. The van der Waals surface area contributed by atoms with E-state index in [1.54, 1.807) is 20.8 Å². The Balaban J connectivity index is 2.26. The van der Waals surface area contributed by atoms with Crippen LogP contribution in [0.3, 0.4) is 0 Å². The van der Waals surface area contributed by atoms with Crippen LogP contribution in [0.5, 0.6) is 0 Å². The molecule has 0 aromatic heterocycles. The Morgan fingerprint density at radius 1 is 1.33 bits per heavy atom. The van der Waals surface area contributed by atoms with Gasteiger partial charge in [0, 0.05) is 27.6 Å². The average molecular weight is 436 g/mol. The molecule has 160 valence electrons. The van der Waals surface area contributed by atoms with Gasteiger partial charge in [-0.1, -0.05) is 24.6 Å². The second-order valence-corrected chi connectivity index (χ2v) is 7.80. The number of carbonyl (C=O) groups is 3. The second-order valence-electron chi connectivity index (χ2n) is 7.39. The molecule has 0 radical (unpaired) electrons. The maximum atomic E-state index is 15.0. The Bertz CT molecular complexity index is 963. The standard InChI is InChI=1S/C22H23ClFNO5/c1-5-30-22(28)16-11(3)25-14-9-10(2)15(21(27)29-4)20(26)18(14)19(16)17-12(23)7-6-8-13(17)24/h6-8,10,15,19,25H,5,9H2,1-4H3/t10-,15-,19-/m1/s1. The fourth-order valence-electron chi connectivity index (χ4n) is 4.24. The number of allylic oxidation sites excluding steroid dienone is 3. The number of ketones is 1. The first-order valence-electron chi connectivity index (χ1n) is 9.66. The summed E-state index contributed by atoms with van der Waals surface area (Å²) in [5.74, 6) is -4.99. The highest BCUT2D eigenvalue weighted by atomic mass is 35.5. The quantitative estimate of drug-likeness (QED) is 0.574. The molecule has 1 aromatic carbocycles. The number of carbonyl (C=O) groups excluding carboxylic acids is 3. The molecule has 30 heavy (non-hydrogen) atoms. The summed E-state index contributed by atoms with van der Waals surface area (Å²) >= 11 is 6.33. The minimum Gasteiger partial charge on any atom is -0.468 e. The van der Waals surface area contributed by atoms with Crippen molar-refractivity contribution in [3.8, 4) is 0 Å². The largest absolute Gasteiger partial charge is 0.468 e. The molecule has 0 amide bonds. The molecule has 0 spiro atoms. The first-order chi connectivity index (χ1) is 14.2. The molecular weight excluding hydrogens is 413 g/mol. The Morgan fingerprint density at radius 3 is 2.63 bits per heavy atom. The lowest BCUT2D eigenvalue weighted by Gasteiger charge is -2.38. The van der Waals surface area contributed by atoms with E-state index in [0.29, 0.717) is 17.8 Å². The van der Waals surface area contributed by atoms with Gasteiger partial charge in [-0.15, -0.1) is 0 Å². The van der Waals surface area contributed by atoms with Gasteiger partial charge in [0.25, 0.3) is 0 Å². The minimum absolute atomic E-state index is 0.00193. The van der Waals surface area contributed by atoms with E-state index in [4.69, 9.17) is 21.1 Å². The van der Waals surface area contributed by atoms with Crippen molar-refractivity contribution in [1.82, 2.24) is 5.32 Å².